The first kappa shape index (κ1) is 33.3. The zero-order valence-corrected chi connectivity index (χ0v) is 24.2. The van der Waals surface area contributed by atoms with Gasteiger partial charge in [0.2, 0.25) is 0 Å². The van der Waals surface area contributed by atoms with E-state index < -0.39 is 65.0 Å². The minimum atomic E-state index is -2.61. The van der Waals surface area contributed by atoms with E-state index in [0.29, 0.717) is 23.1 Å². The Hall–Kier alpha value is -1.94. The number of halogens is 2. The van der Waals surface area contributed by atoms with Gasteiger partial charge in [0, 0.05) is 12.8 Å². The van der Waals surface area contributed by atoms with Crippen molar-refractivity contribution in [3.05, 3.63) is 70.3 Å². The van der Waals surface area contributed by atoms with Crippen LogP contribution in [-0.4, -0.2) is 66.8 Å². The van der Waals surface area contributed by atoms with Crippen LogP contribution in [0.25, 0.3) is 0 Å². The molecule has 220 valence electrons. The van der Waals surface area contributed by atoms with Gasteiger partial charge in [-0.25, -0.2) is 8.78 Å². The summed E-state index contributed by atoms with van der Waals surface area (Å²) in [7, 11) is 0. The molecule has 6 N–H and O–H groups in total. The van der Waals surface area contributed by atoms with E-state index in [4.69, 9.17) is 0 Å². The number of aliphatic hydroxyl groups excluding tert-OH is 4. The summed E-state index contributed by atoms with van der Waals surface area (Å²) in [4.78, 5) is 0. The summed E-state index contributed by atoms with van der Waals surface area (Å²) in [5, 5.41) is 65.6. The summed E-state index contributed by atoms with van der Waals surface area (Å²) in [6.45, 7) is 11.9. The minimum absolute atomic E-state index is 0.0433. The minimum Gasteiger partial charge on any atom is -0.394 e. The number of hydrogen-bond donors (Lipinski definition) is 6. The van der Waals surface area contributed by atoms with Crippen LogP contribution in [0.2, 0.25) is 0 Å². The second kappa shape index (κ2) is 12.3. The van der Waals surface area contributed by atoms with Gasteiger partial charge < -0.3 is 30.6 Å². The highest BCUT2D eigenvalue weighted by atomic mass is 19.1. The maximum absolute atomic E-state index is 15.0. The maximum Gasteiger partial charge on any atom is 0.127 e. The van der Waals surface area contributed by atoms with Crippen LogP contribution < -0.4 is 0 Å². The van der Waals surface area contributed by atoms with Gasteiger partial charge in [-0.1, -0.05) is 79.2 Å². The van der Waals surface area contributed by atoms with Crippen LogP contribution in [0.1, 0.15) is 83.6 Å². The molecule has 0 saturated heterocycles. The summed E-state index contributed by atoms with van der Waals surface area (Å²) >= 11 is 0. The molecule has 2 aromatic carbocycles. The number of hydrogen-bond acceptors (Lipinski definition) is 6. The Morgan fingerprint density at radius 2 is 1.18 bits per heavy atom. The molecule has 5 atom stereocenters. The number of rotatable bonds is 11. The third-order valence-electron chi connectivity index (χ3n) is 7.41. The molecule has 2 rings (SSSR count). The van der Waals surface area contributed by atoms with Gasteiger partial charge in [0.15, 0.2) is 0 Å². The molecule has 0 fully saturated rings. The summed E-state index contributed by atoms with van der Waals surface area (Å²) in [5.74, 6) is -1.03. The van der Waals surface area contributed by atoms with Gasteiger partial charge in [-0.3, -0.25) is 0 Å². The molecule has 0 aliphatic heterocycles. The summed E-state index contributed by atoms with van der Waals surface area (Å²) in [6, 6.07) is 8.78. The van der Waals surface area contributed by atoms with Crippen molar-refractivity contribution < 1.29 is 39.4 Å². The second-order valence-electron chi connectivity index (χ2n) is 12.9. The van der Waals surface area contributed by atoms with E-state index in [2.05, 4.69) is 0 Å². The van der Waals surface area contributed by atoms with E-state index in [0.717, 1.165) is 0 Å². The predicted octanol–water partition coefficient (Wildman–Crippen LogP) is 3.68. The predicted molar refractivity (Wildman–Crippen MR) is 148 cm³/mol. The summed E-state index contributed by atoms with van der Waals surface area (Å²) in [6.07, 6.45) is -6.54. The van der Waals surface area contributed by atoms with E-state index in [1.807, 2.05) is 41.5 Å². The van der Waals surface area contributed by atoms with Crippen molar-refractivity contribution in [1.82, 2.24) is 0 Å². The first-order valence-electron chi connectivity index (χ1n) is 13.5. The van der Waals surface area contributed by atoms with Crippen molar-refractivity contribution in [3.8, 4) is 0 Å². The SMILES string of the molecule is CCCC(O)(Cc1ccc(C(C)(C)C)c(F)c1)[C@@H](O)[C@@](O)(Cc1ccc(C(C)(C)C)c(F)c1)[C@H](O)[C@@H](O)CO. The van der Waals surface area contributed by atoms with Gasteiger partial charge in [0.1, 0.15) is 35.5 Å². The third kappa shape index (κ3) is 7.63. The van der Waals surface area contributed by atoms with Gasteiger partial charge in [-0.15, -0.1) is 0 Å². The zero-order valence-electron chi connectivity index (χ0n) is 24.2. The van der Waals surface area contributed by atoms with E-state index >= 15 is 0 Å². The van der Waals surface area contributed by atoms with Crippen molar-refractivity contribution in [2.24, 2.45) is 0 Å². The van der Waals surface area contributed by atoms with Crippen molar-refractivity contribution in [2.75, 3.05) is 6.61 Å². The molecule has 0 heterocycles. The lowest BCUT2D eigenvalue weighted by Gasteiger charge is -2.46. The topological polar surface area (TPSA) is 121 Å². The summed E-state index contributed by atoms with van der Waals surface area (Å²) in [5.41, 5.74) is -4.17. The monoisotopic (exact) mass is 552 g/mol. The van der Waals surface area contributed by atoms with Crippen LogP contribution in [-0.2, 0) is 23.7 Å². The molecule has 39 heavy (non-hydrogen) atoms. The van der Waals surface area contributed by atoms with Crippen molar-refractivity contribution in [2.45, 2.75) is 114 Å². The Morgan fingerprint density at radius 1 is 0.744 bits per heavy atom. The van der Waals surface area contributed by atoms with Crippen LogP contribution >= 0.6 is 0 Å². The molecular weight excluding hydrogens is 506 g/mol. The van der Waals surface area contributed by atoms with E-state index in [1.54, 1.807) is 31.2 Å². The van der Waals surface area contributed by atoms with Crippen LogP contribution in [0, 0.1) is 11.6 Å². The van der Waals surface area contributed by atoms with Crippen LogP contribution in [0.15, 0.2) is 36.4 Å². The molecule has 0 saturated carbocycles. The van der Waals surface area contributed by atoms with Crippen molar-refractivity contribution >= 4 is 0 Å². The molecule has 0 spiro atoms. The van der Waals surface area contributed by atoms with Crippen molar-refractivity contribution in [3.63, 3.8) is 0 Å². The Bertz CT molecular complexity index is 1110. The highest BCUT2D eigenvalue weighted by Crippen LogP contribution is 2.36. The lowest BCUT2D eigenvalue weighted by molar-refractivity contribution is -0.230. The van der Waals surface area contributed by atoms with E-state index in [-0.39, 0.29) is 18.4 Å². The normalized spacial score (nSPS) is 18.2. The largest absolute Gasteiger partial charge is 0.394 e. The molecule has 1 unspecified atom stereocenters. The summed E-state index contributed by atoms with van der Waals surface area (Å²) < 4.78 is 29.9. The number of aliphatic hydroxyl groups is 6. The third-order valence-corrected chi connectivity index (χ3v) is 7.41. The standard InChI is InChI=1S/C31H46F2O6/c1-8-13-30(38,16-19-9-11-21(23(32)14-19)28(2,3)4)27(37)31(39,26(36)25(35)18-34)17-20-10-12-22(24(33)15-20)29(5,6)7/h9-12,14-15,25-27,34-39H,8,13,16-18H2,1-7H3/t25-,26+,27+,30?,31+/m0/s1. The Balaban J connectivity index is 2.56. The second-order valence-corrected chi connectivity index (χ2v) is 12.9. The molecule has 0 aromatic heterocycles. The molecule has 0 aliphatic rings. The first-order chi connectivity index (χ1) is 17.8. The molecule has 0 amide bonds. The van der Waals surface area contributed by atoms with Crippen LogP contribution in [0.3, 0.4) is 0 Å². The number of benzene rings is 2. The maximum atomic E-state index is 15.0. The van der Waals surface area contributed by atoms with Gasteiger partial charge >= 0.3 is 0 Å². The Labute approximate surface area is 231 Å². The quantitative estimate of drug-likeness (QED) is 0.253. The fourth-order valence-corrected chi connectivity index (χ4v) is 5.25. The van der Waals surface area contributed by atoms with Gasteiger partial charge in [0.25, 0.3) is 0 Å². The zero-order chi connectivity index (χ0) is 30.0. The van der Waals surface area contributed by atoms with Crippen LogP contribution in [0.5, 0.6) is 0 Å². The van der Waals surface area contributed by atoms with E-state index in [1.165, 1.54) is 12.1 Å². The van der Waals surface area contributed by atoms with Crippen LogP contribution in [0.4, 0.5) is 8.78 Å². The highest BCUT2D eigenvalue weighted by molar-refractivity contribution is 5.32. The van der Waals surface area contributed by atoms with Gasteiger partial charge in [0.05, 0.1) is 12.2 Å². The fraction of sp³-hybridized carbons (Fsp3) is 0.613. The first-order valence-corrected chi connectivity index (χ1v) is 13.5. The lowest BCUT2D eigenvalue weighted by atomic mass is 9.71. The molecule has 6 nitrogen and oxygen atoms in total. The van der Waals surface area contributed by atoms with E-state index in [9.17, 15) is 39.4 Å². The average Bonchev–Trinajstić information content (AvgIpc) is 2.81. The molecule has 2 aromatic rings. The highest BCUT2D eigenvalue weighted by Gasteiger charge is 2.54. The van der Waals surface area contributed by atoms with Crippen molar-refractivity contribution in [1.29, 1.82) is 0 Å². The average molecular weight is 553 g/mol. The molecular formula is C31H46F2O6. The molecule has 0 aliphatic carbocycles. The fourth-order valence-electron chi connectivity index (χ4n) is 5.25. The Morgan fingerprint density at radius 3 is 1.54 bits per heavy atom. The molecule has 8 heteroatoms. The van der Waals surface area contributed by atoms with Gasteiger partial charge in [-0.2, -0.15) is 0 Å². The van der Waals surface area contributed by atoms with Gasteiger partial charge in [-0.05, 0) is 51.6 Å². The lowest BCUT2D eigenvalue weighted by Crippen LogP contribution is -2.66. The molecule has 0 radical (unpaired) electrons. The smallest absolute Gasteiger partial charge is 0.127 e. The molecule has 0 bridgehead atoms. The Kier molecular flexibility index (Phi) is 10.5.